The number of carbonyl (C=O) groups excluding carboxylic acids is 3. The molecule has 2 aromatic carbocycles. The molecule has 3 atom stereocenters. The number of amidine groups is 1. The lowest BCUT2D eigenvalue weighted by molar-refractivity contribution is -0.144. The average Bonchev–Trinajstić information content (AvgIpc) is 3.11. The number of halogens is 2. The van der Waals surface area contributed by atoms with E-state index < -0.39 is 23.3 Å². The molecule has 0 radical (unpaired) electrons. The Balaban J connectivity index is 1.71. The Kier molecular flexibility index (Phi) is 6.96. The highest BCUT2D eigenvalue weighted by molar-refractivity contribution is 6.40. The van der Waals surface area contributed by atoms with E-state index in [1.807, 2.05) is 54.3 Å². The van der Waals surface area contributed by atoms with E-state index in [1.54, 1.807) is 6.07 Å². The van der Waals surface area contributed by atoms with Crippen LogP contribution >= 0.6 is 23.4 Å². The lowest BCUT2D eigenvalue weighted by Gasteiger charge is -2.54. The van der Waals surface area contributed by atoms with Crippen LogP contribution in [0.1, 0.15) is 43.7 Å². The molecule has 10 heteroatoms. The average molecular weight is 555 g/mol. The van der Waals surface area contributed by atoms with Crippen molar-refractivity contribution < 1.29 is 19.1 Å². The number of hydrazone groups is 1. The summed E-state index contributed by atoms with van der Waals surface area (Å²) < 4.78 is 6.24. The number of anilines is 1. The number of ether oxygens (including phenoxy) is 1. The van der Waals surface area contributed by atoms with Gasteiger partial charge in [-0.1, -0.05) is 61.0 Å². The van der Waals surface area contributed by atoms with Gasteiger partial charge in [-0.25, -0.2) is 9.43 Å². The van der Waals surface area contributed by atoms with Crippen LogP contribution in [-0.4, -0.2) is 59.3 Å². The van der Waals surface area contributed by atoms with Gasteiger partial charge in [-0.2, -0.15) is 5.10 Å². The van der Waals surface area contributed by atoms with E-state index in [-0.39, 0.29) is 31.5 Å². The number of rotatable bonds is 6. The van der Waals surface area contributed by atoms with Gasteiger partial charge in [-0.3, -0.25) is 14.4 Å². The number of benzene rings is 2. The topological polar surface area (TPSA) is 82.5 Å². The van der Waals surface area contributed by atoms with Gasteiger partial charge in [0.05, 0.1) is 18.3 Å². The van der Waals surface area contributed by atoms with Gasteiger partial charge in [-0.15, -0.1) is 0 Å². The molecule has 0 aliphatic carbocycles. The van der Waals surface area contributed by atoms with Crippen molar-refractivity contribution in [2.45, 2.75) is 44.1 Å². The summed E-state index contributed by atoms with van der Waals surface area (Å²) in [7, 11) is 0. The number of nitrogens with zero attached hydrogens (tertiary/aromatic N) is 4. The SMILES string of the molecule is C=C(CC)[C@H]1N2CC(=O)N(CCOC(C)=O)N=C2C[C@@H](c2cccc(Cl)c2)[C@]12C(=O)N(Cl)c1ccccc12. The van der Waals surface area contributed by atoms with Crippen molar-refractivity contribution in [2.75, 3.05) is 24.1 Å². The van der Waals surface area contributed by atoms with Crippen molar-refractivity contribution in [1.82, 2.24) is 9.91 Å². The van der Waals surface area contributed by atoms with Gasteiger partial charge in [0.25, 0.3) is 11.8 Å². The van der Waals surface area contributed by atoms with Gasteiger partial charge in [0.15, 0.2) is 0 Å². The zero-order chi connectivity index (χ0) is 27.2. The third kappa shape index (κ3) is 4.07. The van der Waals surface area contributed by atoms with Gasteiger partial charge in [0.1, 0.15) is 24.4 Å². The van der Waals surface area contributed by atoms with Gasteiger partial charge < -0.3 is 9.64 Å². The number of amides is 2. The maximum Gasteiger partial charge on any atom is 0.302 e. The zero-order valence-electron chi connectivity index (χ0n) is 21.2. The van der Waals surface area contributed by atoms with Crippen LogP contribution in [-0.2, 0) is 24.5 Å². The van der Waals surface area contributed by atoms with E-state index in [4.69, 9.17) is 33.2 Å². The normalized spacial score (nSPS) is 24.3. The summed E-state index contributed by atoms with van der Waals surface area (Å²) in [5.74, 6) is -0.694. The molecule has 0 bridgehead atoms. The second-order valence-corrected chi connectivity index (χ2v) is 10.5. The van der Waals surface area contributed by atoms with Crippen LogP contribution in [0.4, 0.5) is 5.69 Å². The first kappa shape index (κ1) is 26.3. The fourth-order valence-electron chi connectivity index (χ4n) is 6.02. The number of fused-ring (bicyclic) bond motifs is 3. The quantitative estimate of drug-likeness (QED) is 0.295. The van der Waals surface area contributed by atoms with Crippen LogP contribution in [0.15, 0.2) is 65.8 Å². The Morgan fingerprint density at radius 2 is 1.97 bits per heavy atom. The van der Waals surface area contributed by atoms with Crippen molar-refractivity contribution >= 4 is 52.7 Å². The minimum atomic E-state index is -1.16. The number of esters is 1. The monoisotopic (exact) mass is 554 g/mol. The number of piperidine rings is 1. The molecule has 198 valence electrons. The Morgan fingerprint density at radius 3 is 2.68 bits per heavy atom. The molecule has 3 aliphatic heterocycles. The summed E-state index contributed by atoms with van der Waals surface area (Å²) in [6.07, 6.45) is 0.941. The molecule has 2 aromatic rings. The van der Waals surface area contributed by atoms with Crippen LogP contribution in [0.25, 0.3) is 0 Å². The Morgan fingerprint density at radius 1 is 1.21 bits per heavy atom. The fourth-order valence-corrected chi connectivity index (χ4v) is 6.51. The largest absolute Gasteiger partial charge is 0.464 e. The summed E-state index contributed by atoms with van der Waals surface area (Å²) in [6.45, 7) is 7.86. The van der Waals surface area contributed by atoms with Gasteiger partial charge in [-0.05, 0) is 35.7 Å². The lowest BCUT2D eigenvalue weighted by Crippen LogP contribution is -2.67. The molecule has 38 heavy (non-hydrogen) atoms. The first-order chi connectivity index (χ1) is 18.2. The van der Waals surface area contributed by atoms with Crippen molar-refractivity contribution in [2.24, 2.45) is 5.10 Å². The third-order valence-corrected chi connectivity index (χ3v) is 8.20. The Bertz CT molecular complexity index is 1360. The molecule has 3 aliphatic rings. The predicted octanol–water partition coefficient (Wildman–Crippen LogP) is 4.62. The number of carbonyl (C=O) groups is 3. The summed E-state index contributed by atoms with van der Waals surface area (Å²) >= 11 is 13.1. The summed E-state index contributed by atoms with van der Waals surface area (Å²) in [5, 5.41) is 6.60. The second-order valence-electron chi connectivity index (χ2n) is 9.70. The smallest absolute Gasteiger partial charge is 0.302 e. The van der Waals surface area contributed by atoms with E-state index in [2.05, 4.69) is 6.58 Å². The number of para-hydroxylation sites is 1. The number of hydrogen-bond acceptors (Lipinski definition) is 6. The molecule has 3 heterocycles. The van der Waals surface area contributed by atoms with E-state index in [0.717, 1.165) is 16.7 Å². The minimum Gasteiger partial charge on any atom is -0.464 e. The predicted molar refractivity (Wildman–Crippen MR) is 146 cm³/mol. The van der Waals surface area contributed by atoms with E-state index in [1.165, 1.54) is 16.4 Å². The molecule has 0 N–H and O–H groups in total. The van der Waals surface area contributed by atoms with Crippen molar-refractivity contribution in [1.29, 1.82) is 0 Å². The highest BCUT2D eigenvalue weighted by atomic mass is 35.5. The minimum absolute atomic E-state index is 0.00431. The maximum absolute atomic E-state index is 14.4. The molecule has 0 aromatic heterocycles. The molecular formula is C28H28Cl2N4O4. The van der Waals surface area contributed by atoms with Gasteiger partial charge in [0.2, 0.25) is 0 Å². The fraction of sp³-hybridized carbons (Fsp3) is 0.357. The van der Waals surface area contributed by atoms with Crippen molar-refractivity contribution in [3.05, 3.63) is 76.8 Å². The first-order valence-corrected chi connectivity index (χ1v) is 13.2. The van der Waals surface area contributed by atoms with Crippen LogP contribution < -0.4 is 4.42 Å². The molecular weight excluding hydrogens is 527 g/mol. The molecule has 0 unspecified atom stereocenters. The van der Waals surface area contributed by atoms with E-state index in [0.29, 0.717) is 29.4 Å². The maximum atomic E-state index is 14.4. The van der Waals surface area contributed by atoms with Crippen LogP contribution in [0, 0.1) is 0 Å². The highest BCUT2D eigenvalue weighted by Crippen LogP contribution is 2.59. The van der Waals surface area contributed by atoms with Crippen molar-refractivity contribution in [3.63, 3.8) is 0 Å². The molecule has 1 spiro atoms. The molecule has 1 saturated heterocycles. The van der Waals surface area contributed by atoms with Crippen LogP contribution in [0.5, 0.6) is 0 Å². The summed E-state index contributed by atoms with van der Waals surface area (Å²) in [5.41, 5.74) is 1.91. The summed E-state index contributed by atoms with van der Waals surface area (Å²) in [6, 6.07) is 14.4. The second kappa shape index (κ2) is 10.1. The Hall–Kier alpha value is -3.36. The summed E-state index contributed by atoms with van der Waals surface area (Å²) in [4.78, 5) is 40.8. The van der Waals surface area contributed by atoms with Crippen LogP contribution in [0.2, 0.25) is 5.02 Å². The van der Waals surface area contributed by atoms with Crippen LogP contribution in [0.3, 0.4) is 0 Å². The standard InChI is InChI=1S/C28H28Cl2N4O4/c1-4-17(2)26-28(21-10-5-6-11-23(21)34(30)27(28)37)22(19-8-7-9-20(29)14-19)15-24-31-33(12-13-38-18(3)35)25(36)16-32(24)26/h5-11,14,22,26H,2,4,12-13,15-16H2,1,3H3/t22-,26+,28-/m0/s1. The first-order valence-electron chi connectivity index (χ1n) is 12.5. The highest BCUT2D eigenvalue weighted by Gasteiger charge is 2.65. The molecule has 2 amide bonds. The lowest BCUT2D eigenvalue weighted by atomic mass is 9.58. The molecule has 1 fully saturated rings. The third-order valence-electron chi connectivity index (χ3n) is 7.63. The van der Waals surface area contributed by atoms with E-state index >= 15 is 0 Å². The van der Waals surface area contributed by atoms with Crippen molar-refractivity contribution in [3.8, 4) is 0 Å². The molecule has 8 nitrogen and oxygen atoms in total. The Labute approximate surface area is 231 Å². The zero-order valence-corrected chi connectivity index (χ0v) is 22.7. The number of hydrogen-bond donors (Lipinski definition) is 0. The van der Waals surface area contributed by atoms with E-state index in [9.17, 15) is 14.4 Å². The van der Waals surface area contributed by atoms with Gasteiger partial charge in [0, 0.05) is 36.1 Å². The molecule has 5 rings (SSSR count). The molecule has 0 saturated carbocycles. The van der Waals surface area contributed by atoms with Gasteiger partial charge >= 0.3 is 5.97 Å².